The molecule has 0 bridgehead atoms. The first-order valence-electron chi connectivity index (χ1n) is 7.36. The van der Waals surface area contributed by atoms with Crippen LogP contribution < -0.4 is 5.32 Å². The molecule has 17 heavy (non-hydrogen) atoms. The summed E-state index contributed by atoms with van der Waals surface area (Å²) in [5, 5.41) is 3.69. The third-order valence-electron chi connectivity index (χ3n) is 4.27. The van der Waals surface area contributed by atoms with Crippen molar-refractivity contribution in [3.63, 3.8) is 0 Å². The van der Waals surface area contributed by atoms with Crippen LogP contribution in [0.15, 0.2) is 0 Å². The summed E-state index contributed by atoms with van der Waals surface area (Å²) in [6.07, 6.45) is 5.29. The predicted octanol–water partition coefficient (Wildman–Crippen LogP) is 1.88. The molecule has 100 valence electrons. The molecule has 2 aliphatic rings. The molecule has 1 N–H and O–H groups in total. The standard InChI is InChI=1S/C14H28N2O/c1-3-15-13-6-5-12(2)11-14(13)16-7-4-9-17-10-8-16/h12-15H,3-11H2,1-2H3. The van der Waals surface area contributed by atoms with Crippen molar-refractivity contribution in [3.8, 4) is 0 Å². The van der Waals surface area contributed by atoms with Crippen molar-refractivity contribution in [1.29, 1.82) is 0 Å². The molecule has 1 aliphatic heterocycles. The second-order valence-electron chi connectivity index (χ2n) is 5.65. The molecular formula is C14H28N2O. The van der Waals surface area contributed by atoms with Crippen LogP contribution in [0.4, 0.5) is 0 Å². The topological polar surface area (TPSA) is 24.5 Å². The highest BCUT2D eigenvalue weighted by atomic mass is 16.5. The second-order valence-corrected chi connectivity index (χ2v) is 5.65. The van der Waals surface area contributed by atoms with Gasteiger partial charge in [-0.05, 0) is 38.1 Å². The van der Waals surface area contributed by atoms with E-state index in [1.165, 1.54) is 32.2 Å². The van der Waals surface area contributed by atoms with E-state index in [9.17, 15) is 0 Å². The van der Waals surface area contributed by atoms with Gasteiger partial charge in [-0.1, -0.05) is 13.8 Å². The van der Waals surface area contributed by atoms with Crippen LogP contribution in [-0.2, 0) is 4.74 Å². The zero-order chi connectivity index (χ0) is 12.1. The summed E-state index contributed by atoms with van der Waals surface area (Å²) < 4.78 is 5.58. The lowest BCUT2D eigenvalue weighted by atomic mass is 9.82. The summed E-state index contributed by atoms with van der Waals surface area (Å²) >= 11 is 0. The maximum Gasteiger partial charge on any atom is 0.0593 e. The van der Waals surface area contributed by atoms with E-state index in [4.69, 9.17) is 4.74 Å². The molecule has 0 aromatic rings. The Morgan fingerprint density at radius 1 is 1.24 bits per heavy atom. The van der Waals surface area contributed by atoms with Gasteiger partial charge in [0.05, 0.1) is 6.61 Å². The molecule has 2 rings (SSSR count). The highest BCUT2D eigenvalue weighted by Gasteiger charge is 2.32. The van der Waals surface area contributed by atoms with Gasteiger partial charge < -0.3 is 10.1 Å². The Balaban J connectivity index is 1.96. The van der Waals surface area contributed by atoms with Crippen molar-refractivity contribution in [2.45, 2.75) is 51.6 Å². The fraction of sp³-hybridized carbons (Fsp3) is 1.00. The fourth-order valence-corrected chi connectivity index (χ4v) is 3.35. The Bertz CT molecular complexity index is 214. The van der Waals surface area contributed by atoms with E-state index in [0.717, 1.165) is 38.3 Å². The van der Waals surface area contributed by atoms with Crippen LogP contribution in [0, 0.1) is 5.92 Å². The van der Waals surface area contributed by atoms with Crippen molar-refractivity contribution >= 4 is 0 Å². The van der Waals surface area contributed by atoms with Gasteiger partial charge in [-0.15, -0.1) is 0 Å². The third kappa shape index (κ3) is 3.67. The van der Waals surface area contributed by atoms with E-state index in [0.29, 0.717) is 6.04 Å². The molecule has 3 atom stereocenters. The van der Waals surface area contributed by atoms with Crippen LogP contribution in [0.5, 0.6) is 0 Å². The molecule has 1 saturated carbocycles. The fourth-order valence-electron chi connectivity index (χ4n) is 3.35. The Labute approximate surface area is 106 Å². The first kappa shape index (κ1) is 13.3. The first-order chi connectivity index (χ1) is 8.31. The Morgan fingerprint density at radius 3 is 2.94 bits per heavy atom. The normalized spacial score (nSPS) is 36.7. The van der Waals surface area contributed by atoms with Crippen molar-refractivity contribution in [1.82, 2.24) is 10.2 Å². The SMILES string of the molecule is CCNC1CCC(C)CC1N1CCCOCC1. The van der Waals surface area contributed by atoms with Crippen molar-refractivity contribution in [2.75, 3.05) is 32.8 Å². The smallest absolute Gasteiger partial charge is 0.0593 e. The lowest BCUT2D eigenvalue weighted by Gasteiger charge is -2.42. The summed E-state index contributed by atoms with van der Waals surface area (Å²) in [7, 11) is 0. The number of nitrogens with zero attached hydrogens (tertiary/aromatic N) is 1. The lowest BCUT2D eigenvalue weighted by Crippen LogP contribution is -2.53. The van der Waals surface area contributed by atoms with Crippen LogP contribution in [0.2, 0.25) is 0 Å². The number of hydrogen-bond acceptors (Lipinski definition) is 3. The quantitative estimate of drug-likeness (QED) is 0.815. The summed E-state index contributed by atoms with van der Waals surface area (Å²) in [4.78, 5) is 2.68. The van der Waals surface area contributed by atoms with Crippen LogP contribution >= 0.6 is 0 Å². The number of nitrogens with one attached hydrogen (secondary N) is 1. The molecular weight excluding hydrogens is 212 g/mol. The average molecular weight is 240 g/mol. The second kappa shape index (κ2) is 6.72. The summed E-state index contributed by atoms with van der Waals surface area (Å²) in [6, 6.07) is 1.44. The Morgan fingerprint density at radius 2 is 2.12 bits per heavy atom. The molecule has 0 radical (unpaired) electrons. The van der Waals surface area contributed by atoms with E-state index >= 15 is 0 Å². The molecule has 1 aliphatic carbocycles. The zero-order valence-corrected chi connectivity index (χ0v) is 11.5. The molecule has 0 aromatic heterocycles. The highest BCUT2D eigenvalue weighted by Crippen LogP contribution is 2.28. The Kier molecular flexibility index (Phi) is 5.26. The molecule has 3 unspecified atom stereocenters. The predicted molar refractivity (Wildman–Crippen MR) is 71.3 cm³/mol. The van der Waals surface area contributed by atoms with E-state index in [-0.39, 0.29) is 0 Å². The Hall–Kier alpha value is -0.120. The van der Waals surface area contributed by atoms with E-state index in [1.807, 2.05) is 0 Å². The molecule has 3 heteroatoms. The zero-order valence-electron chi connectivity index (χ0n) is 11.5. The van der Waals surface area contributed by atoms with Gasteiger partial charge >= 0.3 is 0 Å². The van der Waals surface area contributed by atoms with Crippen molar-refractivity contribution in [2.24, 2.45) is 5.92 Å². The van der Waals surface area contributed by atoms with Gasteiger partial charge in [0.25, 0.3) is 0 Å². The third-order valence-corrected chi connectivity index (χ3v) is 4.27. The van der Waals surface area contributed by atoms with Crippen LogP contribution in [0.3, 0.4) is 0 Å². The molecule has 0 amide bonds. The molecule has 2 fully saturated rings. The highest BCUT2D eigenvalue weighted by molar-refractivity contribution is 4.90. The van der Waals surface area contributed by atoms with Gasteiger partial charge in [0.1, 0.15) is 0 Å². The monoisotopic (exact) mass is 240 g/mol. The minimum Gasteiger partial charge on any atom is -0.380 e. The first-order valence-corrected chi connectivity index (χ1v) is 7.36. The van der Waals surface area contributed by atoms with Crippen LogP contribution in [0.1, 0.15) is 39.5 Å². The average Bonchev–Trinajstić information content (AvgIpc) is 2.60. The molecule has 0 spiro atoms. The summed E-state index contributed by atoms with van der Waals surface area (Å²) in [5.74, 6) is 0.888. The minimum absolute atomic E-state index is 0.703. The maximum atomic E-state index is 5.58. The molecule has 1 saturated heterocycles. The number of likely N-dealkylation sites (N-methyl/N-ethyl adjacent to an activating group) is 1. The summed E-state index contributed by atoms with van der Waals surface area (Å²) in [5.41, 5.74) is 0. The molecule has 1 heterocycles. The van der Waals surface area contributed by atoms with Gasteiger partial charge in [0.2, 0.25) is 0 Å². The largest absolute Gasteiger partial charge is 0.380 e. The van der Waals surface area contributed by atoms with Gasteiger partial charge in [-0.3, -0.25) is 4.90 Å². The van der Waals surface area contributed by atoms with E-state index in [2.05, 4.69) is 24.1 Å². The van der Waals surface area contributed by atoms with Gasteiger partial charge in [0, 0.05) is 31.8 Å². The van der Waals surface area contributed by atoms with Crippen LogP contribution in [-0.4, -0.2) is 49.8 Å². The number of rotatable bonds is 3. The van der Waals surface area contributed by atoms with Gasteiger partial charge in [0.15, 0.2) is 0 Å². The minimum atomic E-state index is 0.703. The number of ether oxygens (including phenoxy) is 1. The number of hydrogen-bond donors (Lipinski definition) is 1. The van der Waals surface area contributed by atoms with Gasteiger partial charge in [-0.2, -0.15) is 0 Å². The summed E-state index contributed by atoms with van der Waals surface area (Å²) in [6.45, 7) is 9.94. The molecule has 3 nitrogen and oxygen atoms in total. The van der Waals surface area contributed by atoms with Crippen molar-refractivity contribution in [3.05, 3.63) is 0 Å². The maximum absolute atomic E-state index is 5.58. The van der Waals surface area contributed by atoms with Crippen LogP contribution in [0.25, 0.3) is 0 Å². The van der Waals surface area contributed by atoms with Crippen molar-refractivity contribution < 1.29 is 4.74 Å². The van der Waals surface area contributed by atoms with E-state index < -0.39 is 0 Å². The molecule has 0 aromatic carbocycles. The van der Waals surface area contributed by atoms with Gasteiger partial charge in [-0.25, -0.2) is 0 Å². The lowest BCUT2D eigenvalue weighted by molar-refractivity contribution is 0.0905. The van der Waals surface area contributed by atoms with E-state index in [1.54, 1.807) is 0 Å².